The van der Waals surface area contributed by atoms with Crippen LogP contribution in [0.5, 0.6) is 0 Å². The maximum absolute atomic E-state index is 2.57. The summed E-state index contributed by atoms with van der Waals surface area (Å²) in [5.74, 6) is 0. The Hall–Kier alpha value is -0.0800. The summed E-state index contributed by atoms with van der Waals surface area (Å²) in [6, 6.07) is 1.55. The summed E-state index contributed by atoms with van der Waals surface area (Å²) in [4.78, 5) is 4.93. The minimum Gasteiger partial charge on any atom is -0.306 e. The molecule has 1 fully saturated rings. The lowest BCUT2D eigenvalue weighted by Gasteiger charge is -2.37. The summed E-state index contributed by atoms with van der Waals surface area (Å²) in [6.07, 6.45) is 2.68. The number of rotatable bonds is 2. The van der Waals surface area contributed by atoms with Crippen LogP contribution in [0.1, 0.15) is 26.7 Å². The van der Waals surface area contributed by atoms with Gasteiger partial charge in [-0.3, -0.25) is 0 Å². The van der Waals surface area contributed by atoms with Gasteiger partial charge in [-0.05, 0) is 53.9 Å². The molecule has 12 heavy (non-hydrogen) atoms. The van der Waals surface area contributed by atoms with E-state index in [9.17, 15) is 0 Å². The van der Waals surface area contributed by atoms with E-state index in [1.54, 1.807) is 0 Å². The van der Waals surface area contributed by atoms with Gasteiger partial charge in [-0.15, -0.1) is 0 Å². The molecule has 0 amide bonds. The Morgan fingerprint density at radius 3 is 2.00 bits per heavy atom. The minimum absolute atomic E-state index is 0.730. The standard InChI is InChI=1S/C10H22N2/c1-9(2)12-7-5-10(6-8-12)11(3)4/h9-10H,5-8H2,1-4H3. The summed E-state index contributed by atoms with van der Waals surface area (Å²) in [5, 5.41) is 0. The molecular formula is C10H22N2. The molecule has 0 unspecified atom stereocenters. The van der Waals surface area contributed by atoms with E-state index in [2.05, 4.69) is 37.7 Å². The Bertz CT molecular complexity index is 108. The molecule has 1 aliphatic heterocycles. The first-order chi connectivity index (χ1) is 5.61. The second-order valence-corrected chi connectivity index (χ2v) is 4.32. The van der Waals surface area contributed by atoms with Gasteiger partial charge in [-0.25, -0.2) is 0 Å². The Kier molecular flexibility index (Phi) is 3.53. The number of piperidine rings is 1. The van der Waals surface area contributed by atoms with Crippen molar-refractivity contribution < 1.29 is 0 Å². The van der Waals surface area contributed by atoms with Crippen molar-refractivity contribution in [1.29, 1.82) is 0 Å². The van der Waals surface area contributed by atoms with Gasteiger partial charge in [-0.2, -0.15) is 0 Å². The van der Waals surface area contributed by atoms with Gasteiger partial charge in [0.25, 0.3) is 0 Å². The van der Waals surface area contributed by atoms with Gasteiger partial charge >= 0.3 is 0 Å². The summed E-state index contributed by atoms with van der Waals surface area (Å²) < 4.78 is 0. The predicted octanol–water partition coefficient (Wildman–Crippen LogP) is 1.42. The lowest BCUT2D eigenvalue weighted by molar-refractivity contribution is 0.121. The SMILES string of the molecule is CC(C)N1CCC(N(C)C)CC1. The van der Waals surface area contributed by atoms with E-state index in [-0.39, 0.29) is 0 Å². The van der Waals surface area contributed by atoms with Crippen LogP contribution in [0, 0.1) is 0 Å². The molecule has 0 radical (unpaired) electrons. The summed E-state index contributed by atoms with van der Waals surface area (Å²) in [7, 11) is 4.38. The van der Waals surface area contributed by atoms with Gasteiger partial charge in [0.05, 0.1) is 0 Å². The fourth-order valence-electron chi connectivity index (χ4n) is 1.92. The molecule has 2 nitrogen and oxygen atoms in total. The third kappa shape index (κ3) is 2.46. The van der Waals surface area contributed by atoms with E-state index in [1.807, 2.05) is 0 Å². The molecule has 0 saturated carbocycles. The van der Waals surface area contributed by atoms with Gasteiger partial charge in [0.15, 0.2) is 0 Å². The van der Waals surface area contributed by atoms with Crippen LogP contribution in [-0.4, -0.2) is 49.1 Å². The number of hydrogen-bond acceptors (Lipinski definition) is 2. The van der Waals surface area contributed by atoms with E-state index in [0.717, 1.165) is 12.1 Å². The highest BCUT2D eigenvalue weighted by atomic mass is 15.2. The maximum Gasteiger partial charge on any atom is 0.0113 e. The number of hydrogen-bond donors (Lipinski definition) is 0. The van der Waals surface area contributed by atoms with Crippen LogP contribution in [-0.2, 0) is 0 Å². The van der Waals surface area contributed by atoms with Crippen molar-refractivity contribution in [1.82, 2.24) is 9.80 Å². The van der Waals surface area contributed by atoms with Crippen molar-refractivity contribution in [2.75, 3.05) is 27.2 Å². The van der Waals surface area contributed by atoms with Gasteiger partial charge < -0.3 is 9.80 Å². The summed E-state index contributed by atoms with van der Waals surface area (Å²) >= 11 is 0. The van der Waals surface area contributed by atoms with E-state index in [4.69, 9.17) is 0 Å². The lowest BCUT2D eigenvalue weighted by Crippen LogP contribution is -2.44. The summed E-state index contributed by atoms with van der Waals surface area (Å²) in [5.41, 5.74) is 0. The van der Waals surface area contributed by atoms with E-state index in [1.165, 1.54) is 25.9 Å². The van der Waals surface area contributed by atoms with Gasteiger partial charge in [-0.1, -0.05) is 0 Å². The van der Waals surface area contributed by atoms with Gasteiger partial charge in [0.2, 0.25) is 0 Å². The molecule has 0 aromatic heterocycles. The molecule has 0 N–H and O–H groups in total. The molecule has 72 valence electrons. The first-order valence-electron chi connectivity index (χ1n) is 5.01. The molecule has 1 heterocycles. The van der Waals surface area contributed by atoms with E-state index < -0.39 is 0 Å². The van der Waals surface area contributed by atoms with Crippen molar-refractivity contribution in [2.45, 2.75) is 38.8 Å². The smallest absolute Gasteiger partial charge is 0.0113 e. The quantitative estimate of drug-likeness (QED) is 0.618. The average molecular weight is 170 g/mol. The van der Waals surface area contributed by atoms with Crippen LogP contribution in [0.25, 0.3) is 0 Å². The largest absolute Gasteiger partial charge is 0.306 e. The van der Waals surface area contributed by atoms with E-state index >= 15 is 0 Å². The fourth-order valence-corrected chi connectivity index (χ4v) is 1.92. The van der Waals surface area contributed by atoms with Crippen LogP contribution in [0.3, 0.4) is 0 Å². The second-order valence-electron chi connectivity index (χ2n) is 4.32. The highest BCUT2D eigenvalue weighted by Gasteiger charge is 2.21. The molecule has 0 aromatic rings. The predicted molar refractivity (Wildman–Crippen MR) is 53.4 cm³/mol. The maximum atomic E-state index is 2.57. The van der Waals surface area contributed by atoms with Crippen LogP contribution in [0.2, 0.25) is 0 Å². The molecule has 0 spiro atoms. The third-order valence-corrected chi connectivity index (χ3v) is 2.96. The molecule has 1 aliphatic rings. The first-order valence-corrected chi connectivity index (χ1v) is 5.01. The lowest BCUT2D eigenvalue weighted by atomic mass is 10.0. The number of likely N-dealkylation sites (tertiary alicyclic amines) is 1. The molecule has 1 rings (SSSR count). The van der Waals surface area contributed by atoms with Crippen LogP contribution >= 0.6 is 0 Å². The first kappa shape index (κ1) is 10.0. The Labute approximate surface area is 76.5 Å². The zero-order valence-corrected chi connectivity index (χ0v) is 8.88. The number of nitrogens with zero attached hydrogens (tertiary/aromatic N) is 2. The van der Waals surface area contributed by atoms with Gasteiger partial charge in [0, 0.05) is 12.1 Å². The molecule has 0 atom stereocenters. The zero-order valence-electron chi connectivity index (χ0n) is 8.88. The summed E-state index contributed by atoms with van der Waals surface area (Å²) in [6.45, 7) is 7.13. The van der Waals surface area contributed by atoms with Crippen molar-refractivity contribution in [3.63, 3.8) is 0 Å². The van der Waals surface area contributed by atoms with Gasteiger partial charge in [0.1, 0.15) is 0 Å². The van der Waals surface area contributed by atoms with E-state index in [0.29, 0.717) is 0 Å². The molecular weight excluding hydrogens is 148 g/mol. The minimum atomic E-state index is 0.730. The normalized spacial score (nSPS) is 22.5. The van der Waals surface area contributed by atoms with Crippen molar-refractivity contribution in [2.24, 2.45) is 0 Å². The van der Waals surface area contributed by atoms with Crippen molar-refractivity contribution >= 4 is 0 Å². The molecule has 0 bridgehead atoms. The molecule has 0 aliphatic carbocycles. The Balaban J connectivity index is 2.30. The fraction of sp³-hybridized carbons (Fsp3) is 1.00. The molecule has 2 heteroatoms. The zero-order chi connectivity index (χ0) is 9.14. The third-order valence-electron chi connectivity index (χ3n) is 2.96. The highest BCUT2D eigenvalue weighted by molar-refractivity contribution is 4.78. The topological polar surface area (TPSA) is 6.48 Å². The van der Waals surface area contributed by atoms with Crippen molar-refractivity contribution in [3.8, 4) is 0 Å². The Morgan fingerprint density at radius 2 is 1.67 bits per heavy atom. The molecule has 0 aromatic carbocycles. The Morgan fingerprint density at radius 1 is 1.17 bits per heavy atom. The van der Waals surface area contributed by atoms with Crippen molar-refractivity contribution in [3.05, 3.63) is 0 Å². The van der Waals surface area contributed by atoms with Crippen LogP contribution in [0.15, 0.2) is 0 Å². The van der Waals surface area contributed by atoms with Crippen LogP contribution in [0.4, 0.5) is 0 Å². The van der Waals surface area contributed by atoms with Crippen LogP contribution < -0.4 is 0 Å². The monoisotopic (exact) mass is 170 g/mol. The average Bonchev–Trinajstić information content (AvgIpc) is 2.04. The second kappa shape index (κ2) is 4.24. The highest BCUT2D eigenvalue weighted by Crippen LogP contribution is 2.15. The molecule has 1 saturated heterocycles.